The predicted molar refractivity (Wildman–Crippen MR) is 118 cm³/mol. The molecule has 0 saturated carbocycles. The van der Waals surface area contributed by atoms with Crippen LogP contribution in [-0.2, 0) is 34.1 Å². The number of carbonyl (C=O) groups is 1. The van der Waals surface area contributed by atoms with Crippen LogP contribution in [0, 0.1) is 0 Å². The number of amides is 1. The van der Waals surface area contributed by atoms with E-state index in [-0.39, 0.29) is 30.1 Å². The van der Waals surface area contributed by atoms with E-state index in [4.69, 9.17) is 0 Å². The van der Waals surface area contributed by atoms with Gasteiger partial charge < -0.3 is 9.80 Å². The summed E-state index contributed by atoms with van der Waals surface area (Å²) in [5, 5.41) is 8.60. The van der Waals surface area contributed by atoms with Gasteiger partial charge >= 0.3 is 12.1 Å². The molecule has 1 aliphatic carbocycles. The normalized spacial score (nSPS) is 21.0. The number of piperazine rings is 1. The Labute approximate surface area is 195 Å². The standard InChI is InChI=1S/C22H24F3N5O3S/c1-14-11-16-12-17(5-6-19(16)30(14)21(31)22(23,24)25)34(32,33)29-9-7-28(8-10-29)20-13-15-3-2-4-18(15)26-27-20/h5-6,12-14H,2-4,7-11H2,1H3. The first-order chi connectivity index (χ1) is 16.1. The molecule has 2 aromatic rings. The smallest absolute Gasteiger partial charge is 0.352 e. The van der Waals surface area contributed by atoms with Crippen molar-refractivity contribution in [3.8, 4) is 0 Å². The fraction of sp³-hybridized carbons (Fsp3) is 0.500. The number of rotatable bonds is 3. The van der Waals surface area contributed by atoms with E-state index < -0.39 is 28.1 Å². The van der Waals surface area contributed by atoms with Gasteiger partial charge in [-0.15, -0.1) is 5.10 Å². The van der Waals surface area contributed by atoms with Crippen molar-refractivity contribution in [3.63, 3.8) is 0 Å². The quantitative estimate of drug-likeness (QED) is 0.650. The Morgan fingerprint density at radius 2 is 1.76 bits per heavy atom. The molecule has 3 aliphatic rings. The largest absolute Gasteiger partial charge is 0.471 e. The Bertz CT molecular complexity index is 1240. The number of aryl methyl sites for hydroxylation is 2. The highest BCUT2D eigenvalue weighted by atomic mass is 32.2. The lowest BCUT2D eigenvalue weighted by Gasteiger charge is -2.34. The highest BCUT2D eigenvalue weighted by molar-refractivity contribution is 7.89. The first-order valence-corrected chi connectivity index (χ1v) is 12.6. The number of fused-ring (bicyclic) bond motifs is 2. The van der Waals surface area contributed by atoms with Gasteiger partial charge in [0.05, 0.1) is 10.6 Å². The lowest BCUT2D eigenvalue weighted by molar-refractivity contribution is -0.170. The zero-order chi connectivity index (χ0) is 24.3. The molecule has 182 valence electrons. The summed E-state index contributed by atoms with van der Waals surface area (Å²) < 4.78 is 66.9. The van der Waals surface area contributed by atoms with Gasteiger partial charge in [-0.2, -0.15) is 22.6 Å². The molecule has 5 rings (SSSR count). The van der Waals surface area contributed by atoms with Crippen LogP contribution in [0.15, 0.2) is 29.2 Å². The van der Waals surface area contributed by atoms with Crippen molar-refractivity contribution in [1.29, 1.82) is 0 Å². The summed E-state index contributed by atoms with van der Waals surface area (Å²) >= 11 is 0. The number of hydrogen-bond donors (Lipinski definition) is 0. The fourth-order valence-corrected chi connectivity index (χ4v) is 6.47. The number of anilines is 2. The van der Waals surface area contributed by atoms with E-state index in [1.165, 1.54) is 35.0 Å². The number of carbonyl (C=O) groups excluding carboxylic acids is 1. The second-order valence-corrected chi connectivity index (χ2v) is 10.9. The molecule has 1 aromatic heterocycles. The van der Waals surface area contributed by atoms with Gasteiger partial charge in [-0.05, 0) is 68.0 Å². The third-order valence-corrected chi connectivity index (χ3v) is 8.63. The molecule has 2 aliphatic heterocycles. The van der Waals surface area contributed by atoms with Crippen molar-refractivity contribution in [2.45, 2.75) is 49.7 Å². The van der Waals surface area contributed by atoms with Crippen LogP contribution in [0.25, 0.3) is 0 Å². The fourth-order valence-electron chi connectivity index (χ4n) is 4.99. The number of nitrogens with zero attached hydrogens (tertiary/aromatic N) is 5. The van der Waals surface area contributed by atoms with Crippen molar-refractivity contribution in [1.82, 2.24) is 14.5 Å². The molecule has 1 saturated heterocycles. The summed E-state index contributed by atoms with van der Waals surface area (Å²) in [6, 6.07) is 5.30. The van der Waals surface area contributed by atoms with Gasteiger partial charge in [0, 0.05) is 37.9 Å². The lowest BCUT2D eigenvalue weighted by Crippen LogP contribution is -2.49. The van der Waals surface area contributed by atoms with Gasteiger partial charge in [-0.3, -0.25) is 4.79 Å². The predicted octanol–water partition coefficient (Wildman–Crippen LogP) is 2.32. The number of alkyl halides is 3. The number of sulfonamides is 1. The Balaban J connectivity index is 1.31. The van der Waals surface area contributed by atoms with Crippen LogP contribution in [0.5, 0.6) is 0 Å². The average Bonchev–Trinajstić information content (AvgIpc) is 3.40. The molecule has 0 spiro atoms. The van der Waals surface area contributed by atoms with E-state index in [2.05, 4.69) is 10.2 Å². The highest BCUT2D eigenvalue weighted by Gasteiger charge is 2.47. The minimum absolute atomic E-state index is 0.0190. The van der Waals surface area contributed by atoms with E-state index in [0.29, 0.717) is 23.6 Å². The maximum absolute atomic E-state index is 13.3. The van der Waals surface area contributed by atoms with Crippen molar-refractivity contribution in [2.75, 3.05) is 36.0 Å². The molecule has 1 aromatic carbocycles. The van der Waals surface area contributed by atoms with Crippen LogP contribution < -0.4 is 9.80 Å². The SMILES string of the molecule is CC1Cc2cc(S(=O)(=O)N3CCN(c4cc5c(nn4)CCC5)CC3)ccc2N1C(=O)C(F)(F)F. The number of aromatic nitrogens is 2. The number of halogens is 3. The summed E-state index contributed by atoms with van der Waals surface area (Å²) in [6.07, 6.45) is -1.85. The summed E-state index contributed by atoms with van der Waals surface area (Å²) in [5.41, 5.74) is 2.75. The van der Waals surface area contributed by atoms with Crippen molar-refractivity contribution >= 4 is 27.4 Å². The topological polar surface area (TPSA) is 86.7 Å². The van der Waals surface area contributed by atoms with Gasteiger partial charge in [0.15, 0.2) is 5.82 Å². The molecular weight excluding hydrogens is 471 g/mol. The van der Waals surface area contributed by atoms with Crippen LogP contribution in [0.2, 0.25) is 0 Å². The molecule has 1 amide bonds. The number of hydrogen-bond acceptors (Lipinski definition) is 6. The summed E-state index contributed by atoms with van der Waals surface area (Å²) in [7, 11) is -3.84. The summed E-state index contributed by atoms with van der Waals surface area (Å²) in [5.74, 6) is -1.20. The third-order valence-electron chi connectivity index (χ3n) is 6.74. The molecule has 12 heteroatoms. The van der Waals surface area contributed by atoms with E-state index in [1.54, 1.807) is 0 Å². The van der Waals surface area contributed by atoms with Crippen molar-refractivity contribution in [3.05, 3.63) is 41.1 Å². The Hall–Kier alpha value is -2.73. The monoisotopic (exact) mass is 495 g/mol. The molecule has 8 nitrogen and oxygen atoms in total. The zero-order valence-corrected chi connectivity index (χ0v) is 19.4. The van der Waals surface area contributed by atoms with Crippen molar-refractivity contribution < 1.29 is 26.4 Å². The van der Waals surface area contributed by atoms with E-state index in [9.17, 15) is 26.4 Å². The minimum atomic E-state index is -5.00. The van der Waals surface area contributed by atoms with Crippen molar-refractivity contribution in [2.24, 2.45) is 0 Å². The second-order valence-electron chi connectivity index (χ2n) is 8.94. The third kappa shape index (κ3) is 3.92. The molecule has 0 radical (unpaired) electrons. The van der Waals surface area contributed by atoms with Gasteiger partial charge in [-0.1, -0.05) is 0 Å². The molecule has 1 unspecified atom stereocenters. The Kier molecular flexibility index (Phi) is 5.55. The molecule has 0 bridgehead atoms. The van der Waals surface area contributed by atoms with Crippen LogP contribution in [0.3, 0.4) is 0 Å². The Morgan fingerprint density at radius 3 is 2.47 bits per heavy atom. The number of benzene rings is 1. The van der Waals surface area contributed by atoms with Crippen LogP contribution in [-0.4, -0.2) is 67.2 Å². The zero-order valence-electron chi connectivity index (χ0n) is 18.5. The molecule has 0 N–H and O–H groups in total. The first kappa shape index (κ1) is 23.0. The molecule has 1 fully saturated rings. The summed E-state index contributed by atoms with van der Waals surface area (Å²) in [6.45, 7) is 2.95. The van der Waals surface area contributed by atoms with Crippen LogP contribution >= 0.6 is 0 Å². The maximum Gasteiger partial charge on any atom is 0.471 e. The highest BCUT2D eigenvalue weighted by Crippen LogP contribution is 2.37. The van der Waals surface area contributed by atoms with Gasteiger partial charge in [0.1, 0.15) is 0 Å². The van der Waals surface area contributed by atoms with Gasteiger partial charge in [0.2, 0.25) is 10.0 Å². The van der Waals surface area contributed by atoms with Crippen LogP contribution in [0.1, 0.15) is 30.2 Å². The average molecular weight is 496 g/mol. The molecule has 34 heavy (non-hydrogen) atoms. The first-order valence-electron chi connectivity index (χ1n) is 11.2. The van der Waals surface area contributed by atoms with Gasteiger partial charge in [-0.25, -0.2) is 8.42 Å². The van der Waals surface area contributed by atoms with E-state index >= 15 is 0 Å². The molecule has 1 atom stereocenters. The van der Waals surface area contributed by atoms with Gasteiger partial charge in [0.25, 0.3) is 0 Å². The molecular formula is C22H24F3N5O3S. The maximum atomic E-state index is 13.3. The van der Waals surface area contributed by atoms with E-state index in [0.717, 1.165) is 30.8 Å². The summed E-state index contributed by atoms with van der Waals surface area (Å²) in [4.78, 5) is 14.6. The molecule has 3 heterocycles. The minimum Gasteiger partial charge on any atom is -0.352 e. The Morgan fingerprint density at radius 1 is 1.03 bits per heavy atom. The van der Waals surface area contributed by atoms with Crippen LogP contribution in [0.4, 0.5) is 24.7 Å². The second kappa shape index (κ2) is 8.19. The van der Waals surface area contributed by atoms with E-state index in [1.807, 2.05) is 11.0 Å². The lowest BCUT2D eigenvalue weighted by atomic mass is 10.1.